The van der Waals surface area contributed by atoms with Gasteiger partial charge in [0.15, 0.2) is 0 Å². The van der Waals surface area contributed by atoms with E-state index in [9.17, 15) is 28.3 Å². The Morgan fingerprint density at radius 1 is 1.04 bits per heavy atom. The van der Waals surface area contributed by atoms with Gasteiger partial charge in [0.2, 0.25) is 6.08 Å². The van der Waals surface area contributed by atoms with Gasteiger partial charge in [0.1, 0.15) is 11.6 Å². The number of carboxylic acids is 1. The Morgan fingerprint density at radius 2 is 1.72 bits per heavy atom. The highest BCUT2D eigenvalue weighted by Gasteiger charge is 2.25. The van der Waals surface area contributed by atoms with Crippen molar-refractivity contribution in [1.82, 2.24) is 4.90 Å². The summed E-state index contributed by atoms with van der Waals surface area (Å²) < 4.78 is 38.1. The van der Waals surface area contributed by atoms with E-state index >= 15 is 0 Å². The van der Waals surface area contributed by atoms with Crippen LogP contribution >= 0.6 is 0 Å². The van der Waals surface area contributed by atoms with Crippen molar-refractivity contribution in [2.45, 2.75) is 71.7 Å². The molecule has 252 valence electrons. The number of aliphatic imine (C=N–C) groups is 1. The second kappa shape index (κ2) is 19.3. The number of benzene rings is 3. The first kappa shape index (κ1) is 37.0. The minimum atomic E-state index is -0.940. The fourth-order valence-corrected chi connectivity index (χ4v) is 5.25. The first-order valence-corrected chi connectivity index (χ1v) is 15.8. The number of amides is 2. The Labute approximate surface area is 274 Å². The maximum absolute atomic E-state index is 13.5. The lowest BCUT2D eigenvalue weighted by molar-refractivity contribution is -0.0525. The van der Waals surface area contributed by atoms with Crippen molar-refractivity contribution in [2.24, 2.45) is 10.9 Å². The average molecular weight is 652 g/mol. The molecule has 0 bridgehead atoms. The number of aromatic carboxylic acids is 1. The molecule has 1 aliphatic rings. The molecule has 1 saturated carbocycles. The maximum atomic E-state index is 13.5. The Balaban J connectivity index is 0.000000511. The molecule has 3 unspecified atom stereocenters. The molecule has 1 aliphatic carbocycles. The second-order valence-corrected chi connectivity index (χ2v) is 11.6. The van der Waals surface area contributed by atoms with E-state index in [0.29, 0.717) is 42.4 Å². The lowest BCUT2D eigenvalue weighted by atomic mass is 9.94. The molecule has 11 heteroatoms. The third-order valence-corrected chi connectivity index (χ3v) is 7.92. The molecule has 4 rings (SSSR count). The van der Waals surface area contributed by atoms with Crippen LogP contribution in [-0.4, -0.2) is 60.0 Å². The standard InChI is InChI=1S/C29H39FN2O5.C7H4FNO/c1-4-20(2)18-32(29(35)31-24-11-6-10-23(30)16-24)14-15-36-25-12-7-13-26(17-25)37-19-22-9-5-8-21(3)27(22)28(33)34;8-6-2-1-3-7(4-6)9-5-10/h5-6,8-11,16,20,25-26H,4,7,12-15,17-19H2,1-3H3,(H,31,35)(H,33,34);1-4H. The van der Waals surface area contributed by atoms with Crippen molar-refractivity contribution in [1.29, 1.82) is 0 Å². The van der Waals surface area contributed by atoms with Gasteiger partial charge in [-0.25, -0.2) is 23.2 Å². The third-order valence-electron chi connectivity index (χ3n) is 7.92. The summed E-state index contributed by atoms with van der Waals surface area (Å²) in [5.41, 5.74) is 2.42. The molecule has 9 nitrogen and oxygen atoms in total. The highest BCUT2D eigenvalue weighted by molar-refractivity contribution is 5.91. The largest absolute Gasteiger partial charge is 0.478 e. The quantitative estimate of drug-likeness (QED) is 0.143. The van der Waals surface area contributed by atoms with Crippen LogP contribution < -0.4 is 5.32 Å². The van der Waals surface area contributed by atoms with E-state index in [0.717, 1.165) is 43.7 Å². The molecule has 0 spiro atoms. The molecule has 3 aromatic carbocycles. The number of anilines is 1. The summed E-state index contributed by atoms with van der Waals surface area (Å²) in [6.45, 7) is 7.63. The second-order valence-electron chi connectivity index (χ2n) is 11.6. The van der Waals surface area contributed by atoms with Crippen molar-refractivity contribution in [3.05, 3.63) is 95.1 Å². The molecule has 2 N–H and O–H groups in total. The smallest absolute Gasteiger partial charge is 0.336 e. The monoisotopic (exact) mass is 651 g/mol. The molecule has 3 aromatic rings. The highest BCUT2D eigenvalue weighted by atomic mass is 19.1. The summed E-state index contributed by atoms with van der Waals surface area (Å²) in [7, 11) is 0. The number of nitrogens with one attached hydrogen (secondary N) is 1. The van der Waals surface area contributed by atoms with Crippen molar-refractivity contribution in [3.8, 4) is 0 Å². The van der Waals surface area contributed by atoms with E-state index in [4.69, 9.17) is 9.47 Å². The van der Waals surface area contributed by atoms with Gasteiger partial charge in [0.25, 0.3) is 0 Å². The number of ether oxygens (including phenoxy) is 2. The molecular formula is C36H43F2N3O6. The number of halogens is 2. The predicted molar refractivity (Wildman–Crippen MR) is 176 cm³/mol. The fraction of sp³-hybridized carbons (Fsp3) is 0.417. The molecule has 3 atom stereocenters. The maximum Gasteiger partial charge on any atom is 0.336 e. The van der Waals surface area contributed by atoms with Gasteiger partial charge in [0.05, 0.1) is 36.7 Å². The number of nitrogens with zero attached hydrogens (tertiary/aromatic N) is 2. The number of hydrogen-bond acceptors (Lipinski definition) is 6. The van der Waals surface area contributed by atoms with Crippen LogP contribution in [-0.2, 0) is 20.9 Å². The van der Waals surface area contributed by atoms with Crippen LogP contribution in [0.4, 0.5) is 25.0 Å². The van der Waals surface area contributed by atoms with E-state index < -0.39 is 17.6 Å². The summed E-state index contributed by atoms with van der Waals surface area (Å²) in [6.07, 6.45) is 5.80. The minimum absolute atomic E-state index is 0.00611. The van der Waals surface area contributed by atoms with Crippen LogP contribution in [0.15, 0.2) is 71.7 Å². The zero-order valence-electron chi connectivity index (χ0n) is 27.1. The topological polar surface area (TPSA) is 118 Å². The molecule has 0 heterocycles. The first-order chi connectivity index (χ1) is 22.6. The first-order valence-electron chi connectivity index (χ1n) is 15.8. The van der Waals surface area contributed by atoms with Crippen LogP contribution in [0.5, 0.6) is 0 Å². The Kier molecular flexibility index (Phi) is 15.2. The van der Waals surface area contributed by atoms with Crippen LogP contribution in [0.2, 0.25) is 0 Å². The zero-order valence-corrected chi connectivity index (χ0v) is 27.1. The van der Waals surface area contributed by atoms with Crippen LogP contribution in [0.25, 0.3) is 0 Å². The van der Waals surface area contributed by atoms with Gasteiger partial charge in [-0.2, -0.15) is 4.99 Å². The van der Waals surface area contributed by atoms with Gasteiger partial charge in [-0.3, -0.25) is 0 Å². The summed E-state index contributed by atoms with van der Waals surface area (Å²) in [5, 5.41) is 12.3. The number of hydrogen-bond donors (Lipinski definition) is 2. The van der Waals surface area contributed by atoms with Crippen molar-refractivity contribution < 1.29 is 37.7 Å². The molecule has 0 aromatic heterocycles. The van der Waals surface area contributed by atoms with E-state index in [1.54, 1.807) is 36.1 Å². The van der Waals surface area contributed by atoms with Crippen LogP contribution in [0.3, 0.4) is 0 Å². The zero-order chi connectivity index (χ0) is 34.2. The third kappa shape index (κ3) is 12.7. The number of rotatable bonds is 13. The van der Waals surface area contributed by atoms with Crippen molar-refractivity contribution >= 4 is 29.5 Å². The summed E-state index contributed by atoms with van der Waals surface area (Å²) in [4.78, 5) is 39.2. The van der Waals surface area contributed by atoms with Gasteiger partial charge < -0.3 is 24.8 Å². The molecule has 0 saturated heterocycles. The Bertz CT molecular complexity index is 1510. The van der Waals surface area contributed by atoms with Gasteiger partial charge in [-0.05, 0) is 80.0 Å². The van der Waals surface area contributed by atoms with Gasteiger partial charge >= 0.3 is 12.0 Å². The van der Waals surface area contributed by atoms with Crippen LogP contribution in [0, 0.1) is 24.5 Å². The lowest BCUT2D eigenvalue weighted by Gasteiger charge is -2.31. The number of aryl methyl sites for hydroxylation is 1. The Morgan fingerprint density at radius 3 is 2.38 bits per heavy atom. The van der Waals surface area contributed by atoms with Crippen molar-refractivity contribution in [2.75, 3.05) is 25.0 Å². The minimum Gasteiger partial charge on any atom is -0.478 e. The number of urea groups is 1. The summed E-state index contributed by atoms with van der Waals surface area (Å²) in [6, 6.07) is 16.5. The Hall–Kier alpha value is -4.44. The predicted octanol–water partition coefficient (Wildman–Crippen LogP) is 8.05. The van der Waals surface area contributed by atoms with E-state index in [-0.39, 0.29) is 30.5 Å². The summed E-state index contributed by atoms with van der Waals surface area (Å²) in [5.74, 6) is -1.42. The average Bonchev–Trinajstić information content (AvgIpc) is 3.03. The van der Waals surface area contributed by atoms with E-state index in [1.165, 1.54) is 36.4 Å². The van der Waals surface area contributed by atoms with Gasteiger partial charge in [-0.1, -0.05) is 50.6 Å². The number of carbonyl (C=O) groups excluding carboxylic acids is 2. The van der Waals surface area contributed by atoms with Gasteiger partial charge in [0, 0.05) is 24.8 Å². The highest BCUT2D eigenvalue weighted by Crippen LogP contribution is 2.26. The van der Waals surface area contributed by atoms with E-state index in [1.807, 2.05) is 6.07 Å². The van der Waals surface area contributed by atoms with Crippen molar-refractivity contribution in [3.63, 3.8) is 0 Å². The molecular weight excluding hydrogens is 608 g/mol. The normalized spacial score (nSPS) is 16.2. The van der Waals surface area contributed by atoms with Gasteiger partial charge in [-0.15, -0.1) is 0 Å². The molecule has 47 heavy (non-hydrogen) atoms. The lowest BCUT2D eigenvalue weighted by Crippen LogP contribution is -2.41. The molecule has 2 amide bonds. The van der Waals surface area contributed by atoms with E-state index in [2.05, 4.69) is 24.2 Å². The number of carbonyl (C=O) groups is 2. The molecule has 0 aliphatic heterocycles. The number of carboxylic acid groups (broad SMARTS) is 1. The fourth-order valence-electron chi connectivity index (χ4n) is 5.25. The SMILES string of the molecule is CCC(C)CN(CCOC1CCCC(OCc2cccc(C)c2C(=O)O)C1)C(=O)Nc1cccc(F)c1.O=C=Nc1cccc(F)c1. The molecule has 1 fully saturated rings. The molecule has 0 radical (unpaired) electrons. The van der Waals surface area contributed by atoms with Crippen LogP contribution in [0.1, 0.15) is 67.4 Å². The number of isocyanates is 1. The summed E-state index contributed by atoms with van der Waals surface area (Å²) >= 11 is 0.